The maximum Gasteiger partial charge on any atom is 0.0662 e. The van der Waals surface area contributed by atoms with Crippen molar-refractivity contribution in [2.45, 2.75) is 64.1 Å². The second-order valence-corrected chi connectivity index (χ2v) is 5.29. The van der Waals surface area contributed by atoms with Crippen molar-refractivity contribution in [2.75, 3.05) is 6.61 Å². The van der Waals surface area contributed by atoms with Gasteiger partial charge in [-0.1, -0.05) is 6.92 Å². The Kier molecular flexibility index (Phi) is 4.56. The zero-order valence-electron chi connectivity index (χ0n) is 10.2. The second kappa shape index (κ2) is 5.28. The highest BCUT2D eigenvalue weighted by Gasteiger charge is 2.35. The van der Waals surface area contributed by atoms with Crippen LogP contribution < -0.4 is 5.32 Å². The SMILES string of the molecule is CC1CCC(CO)(NC(C)C(C)O)CC1. The monoisotopic (exact) mass is 215 g/mol. The number of aliphatic hydroxyl groups excluding tert-OH is 2. The van der Waals surface area contributed by atoms with Gasteiger partial charge in [0.1, 0.15) is 0 Å². The first-order chi connectivity index (χ1) is 6.99. The van der Waals surface area contributed by atoms with Crippen molar-refractivity contribution in [3.8, 4) is 0 Å². The van der Waals surface area contributed by atoms with Gasteiger partial charge in [-0.05, 0) is 45.4 Å². The molecule has 0 aliphatic heterocycles. The van der Waals surface area contributed by atoms with E-state index in [-0.39, 0.29) is 24.3 Å². The molecule has 15 heavy (non-hydrogen) atoms. The van der Waals surface area contributed by atoms with Crippen LogP contribution in [0.4, 0.5) is 0 Å². The molecule has 0 bridgehead atoms. The molecule has 0 heterocycles. The summed E-state index contributed by atoms with van der Waals surface area (Å²) >= 11 is 0. The molecule has 3 nitrogen and oxygen atoms in total. The van der Waals surface area contributed by atoms with Crippen molar-refractivity contribution < 1.29 is 10.2 Å². The van der Waals surface area contributed by atoms with Crippen LogP contribution in [0.25, 0.3) is 0 Å². The lowest BCUT2D eigenvalue weighted by molar-refractivity contribution is 0.0649. The summed E-state index contributed by atoms with van der Waals surface area (Å²) in [4.78, 5) is 0. The number of rotatable bonds is 4. The molecule has 0 radical (unpaired) electrons. The minimum atomic E-state index is -0.368. The summed E-state index contributed by atoms with van der Waals surface area (Å²) in [5.41, 5.74) is -0.150. The van der Waals surface area contributed by atoms with Gasteiger partial charge in [-0.3, -0.25) is 0 Å². The van der Waals surface area contributed by atoms with Crippen LogP contribution in [0.5, 0.6) is 0 Å². The fraction of sp³-hybridized carbons (Fsp3) is 1.00. The Hall–Kier alpha value is -0.120. The van der Waals surface area contributed by atoms with E-state index < -0.39 is 0 Å². The predicted octanol–water partition coefficient (Wildman–Crippen LogP) is 1.29. The standard InChI is InChI=1S/C12H25NO2/c1-9-4-6-12(8-14,7-5-9)13-10(2)11(3)15/h9-11,13-15H,4-8H2,1-3H3. The molecule has 1 saturated carbocycles. The third-order valence-electron chi connectivity index (χ3n) is 3.79. The summed E-state index contributed by atoms with van der Waals surface area (Å²) in [7, 11) is 0. The van der Waals surface area contributed by atoms with E-state index in [2.05, 4.69) is 12.2 Å². The molecule has 3 N–H and O–H groups in total. The molecule has 1 fully saturated rings. The average Bonchev–Trinajstić information content (AvgIpc) is 2.21. The van der Waals surface area contributed by atoms with Gasteiger partial charge < -0.3 is 15.5 Å². The molecule has 1 aliphatic rings. The van der Waals surface area contributed by atoms with E-state index in [0.29, 0.717) is 0 Å². The number of nitrogens with one attached hydrogen (secondary N) is 1. The Labute approximate surface area is 92.9 Å². The Morgan fingerprint density at radius 2 is 1.87 bits per heavy atom. The summed E-state index contributed by atoms with van der Waals surface area (Å²) in [5.74, 6) is 0.772. The Balaban J connectivity index is 2.53. The fourth-order valence-corrected chi connectivity index (χ4v) is 2.27. The molecule has 0 aromatic rings. The van der Waals surface area contributed by atoms with E-state index in [1.54, 1.807) is 6.92 Å². The second-order valence-electron chi connectivity index (χ2n) is 5.29. The molecule has 0 aromatic carbocycles. The maximum atomic E-state index is 9.51. The van der Waals surface area contributed by atoms with Gasteiger partial charge in [0.25, 0.3) is 0 Å². The van der Waals surface area contributed by atoms with Gasteiger partial charge in [0.2, 0.25) is 0 Å². The van der Waals surface area contributed by atoms with E-state index in [1.165, 1.54) is 12.8 Å². The summed E-state index contributed by atoms with van der Waals surface area (Å²) in [5, 5.41) is 22.4. The van der Waals surface area contributed by atoms with Crippen molar-refractivity contribution in [1.29, 1.82) is 0 Å². The molecular formula is C12H25NO2. The highest BCUT2D eigenvalue weighted by atomic mass is 16.3. The van der Waals surface area contributed by atoms with Crippen molar-refractivity contribution in [3.05, 3.63) is 0 Å². The minimum absolute atomic E-state index is 0.0468. The quantitative estimate of drug-likeness (QED) is 0.662. The van der Waals surface area contributed by atoms with Crippen LogP contribution in [0.1, 0.15) is 46.5 Å². The lowest BCUT2D eigenvalue weighted by Gasteiger charge is -2.41. The van der Waals surface area contributed by atoms with E-state index in [4.69, 9.17) is 0 Å². The van der Waals surface area contributed by atoms with Gasteiger partial charge in [0, 0.05) is 11.6 Å². The summed E-state index contributed by atoms with van der Waals surface area (Å²) in [6.07, 6.45) is 4.00. The van der Waals surface area contributed by atoms with Crippen LogP contribution in [0.2, 0.25) is 0 Å². The van der Waals surface area contributed by atoms with Crippen molar-refractivity contribution in [2.24, 2.45) is 5.92 Å². The normalized spacial score (nSPS) is 36.2. The summed E-state index contributed by atoms with van der Waals surface area (Å²) in [6, 6.07) is 0.0468. The number of hydrogen-bond acceptors (Lipinski definition) is 3. The van der Waals surface area contributed by atoms with Gasteiger partial charge in [0.15, 0.2) is 0 Å². The van der Waals surface area contributed by atoms with E-state index in [0.717, 1.165) is 18.8 Å². The van der Waals surface area contributed by atoms with Crippen molar-refractivity contribution >= 4 is 0 Å². The van der Waals surface area contributed by atoms with Gasteiger partial charge in [0.05, 0.1) is 12.7 Å². The van der Waals surface area contributed by atoms with Crippen LogP contribution in [-0.2, 0) is 0 Å². The zero-order chi connectivity index (χ0) is 11.5. The third kappa shape index (κ3) is 3.44. The Morgan fingerprint density at radius 1 is 1.33 bits per heavy atom. The van der Waals surface area contributed by atoms with Gasteiger partial charge >= 0.3 is 0 Å². The maximum absolute atomic E-state index is 9.51. The molecule has 3 heteroatoms. The first-order valence-electron chi connectivity index (χ1n) is 6.06. The lowest BCUT2D eigenvalue weighted by atomic mass is 9.77. The smallest absolute Gasteiger partial charge is 0.0662 e. The van der Waals surface area contributed by atoms with E-state index in [1.807, 2.05) is 6.92 Å². The third-order valence-corrected chi connectivity index (χ3v) is 3.79. The molecule has 1 rings (SSSR count). The summed E-state index contributed by atoms with van der Waals surface area (Å²) < 4.78 is 0. The molecule has 2 atom stereocenters. The Bertz CT molecular complexity index is 186. The molecule has 0 spiro atoms. The molecule has 2 unspecified atom stereocenters. The highest BCUT2D eigenvalue weighted by molar-refractivity contribution is 4.94. The largest absolute Gasteiger partial charge is 0.394 e. The van der Waals surface area contributed by atoms with Crippen LogP contribution in [0.15, 0.2) is 0 Å². The number of hydrogen-bond donors (Lipinski definition) is 3. The molecular weight excluding hydrogens is 190 g/mol. The van der Waals surface area contributed by atoms with E-state index in [9.17, 15) is 10.2 Å². The predicted molar refractivity (Wildman–Crippen MR) is 61.7 cm³/mol. The van der Waals surface area contributed by atoms with Crippen LogP contribution in [-0.4, -0.2) is 34.5 Å². The topological polar surface area (TPSA) is 52.5 Å². The van der Waals surface area contributed by atoms with Crippen molar-refractivity contribution in [1.82, 2.24) is 5.32 Å². The molecule has 0 aromatic heterocycles. The van der Waals surface area contributed by atoms with Gasteiger partial charge in [-0.25, -0.2) is 0 Å². The molecule has 90 valence electrons. The zero-order valence-corrected chi connectivity index (χ0v) is 10.2. The van der Waals surface area contributed by atoms with Gasteiger partial charge in [-0.15, -0.1) is 0 Å². The molecule has 0 amide bonds. The Morgan fingerprint density at radius 3 is 2.27 bits per heavy atom. The fourth-order valence-electron chi connectivity index (χ4n) is 2.27. The first-order valence-corrected chi connectivity index (χ1v) is 6.06. The lowest BCUT2D eigenvalue weighted by Crippen LogP contribution is -2.56. The van der Waals surface area contributed by atoms with Crippen LogP contribution >= 0.6 is 0 Å². The summed E-state index contributed by atoms with van der Waals surface area (Å²) in [6.45, 7) is 6.20. The average molecular weight is 215 g/mol. The first kappa shape index (κ1) is 12.9. The molecule has 0 saturated heterocycles. The van der Waals surface area contributed by atoms with E-state index >= 15 is 0 Å². The number of aliphatic hydroxyl groups is 2. The van der Waals surface area contributed by atoms with Gasteiger partial charge in [-0.2, -0.15) is 0 Å². The minimum Gasteiger partial charge on any atom is -0.394 e. The highest BCUT2D eigenvalue weighted by Crippen LogP contribution is 2.32. The van der Waals surface area contributed by atoms with Crippen molar-refractivity contribution in [3.63, 3.8) is 0 Å². The molecule has 1 aliphatic carbocycles. The van der Waals surface area contributed by atoms with Crippen LogP contribution in [0, 0.1) is 5.92 Å². The van der Waals surface area contributed by atoms with Crippen LogP contribution in [0.3, 0.4) is 0 Å².